The summed E-state index contributed by atoms with van der Waals surface area (Å²) in [6, 6.07) is 9.66. The van der Waals surface area contributed by atoms with Crippen LogP contribution >= 0.6 is 0 Å². The van der Waals surface area contributed by atoms with Crippen molar-refractivity contribution in [2.75, 3.05) is 34.9 Å². The molecule has 17 heteroatoms. The number of aromatic nitrogens is 2. The van der Waals surface area contributed by atoms with E-state index in [9.17, 15) is 24.6 Å². The van der Waals surface area contributed by atoms with E-state index in [1.54, 1.807) is 41.1 Å². The number of hydrogen-bond acceptors (Lipinski definition) is 16. The normalized spacial score (nSPS) is 39.3. The molecule has 0 spiro atoms. The lowest BCUT2D eigenvalue weighted by molar-refractivity contribution is -0.320. The number of nitrogens with zero attached hydrogens (tertiary/aromatic N) is 3. The Balaban J connectivity index is 1.51. The number of hydrogen-bond donors (Lipinski definition) is 2. The maximum atomic E-state index is 14.9. The third kappa shape index (κ3) is 13.4. The third-order valence-corrected chi connectivity index (χ3v) is 15.3. The van der Waals surface area contributed by atoms with Gasteiger partial charge in [0, 0.05) is 76.3 Å². The Hall–Kier alpha value is -3.36. The molecule has 1 unspecified atom stereocenters. The van der Waals surface area contributed by atoms with E-state index < -0.39 is 108 Å². The maximum absolute atomic E-state index is 14.9. The first-order valence-corrected chi connectivity index (χ1v) is 25.3. The van der Waals surface area contributed by atoms with Crippen LogP contribution in [0.15, 0.2) is 42.9 Å². The van der Waals surface area contributed by atoms with Gasteiger partial charge in [-0.05, 0) is 87.7 Å². The highest BCUT2D eigenvalue weighted by Gasteiger charge is 2.55. The molecule has 17 nitrogen and oxygen atoms in total. The minimum absolute atomic E-state index is 0.113. The van der Waals surface area contributed by atoms with Crippen LogP contribution in [0.25, 0.3) is 11.3 Å². The third-order valence-electron chi connectivity index (χ3n) is 15.3. The van der Waals surface area contributed by atoms with Crippen LogP contribution < -0.4 is 0 Å². The number of ketones is 1. The highest BCUT2D eigenvalue weighted by atomic mass is 16.7. The van der Waals surface area contributed by atoms with Crippen LogP contribution in [0.4, 0.5) is 0 Å². The number of cyclic esters (lactones) is 1. The van der Waals surface area contributed by atoms with E-state index in [-0.39, 0.29) is 43.8 Å². The SMILES string of the molecule is CC[C@@H]1OC(=O)[C@H](C)[C@@H](O[C@H]2C[C@@](C)(OC)[C@@H](OC(C)=O)[C@H](C)O2)[C@H](C)[C@@H](OC2O[C@H](C)C[C@H](N(C)C)[C@H]2O)[C@@](C)(OC)C[C@@H](C)C(=O)[C@@H](C)[C@@H](OCCCCn2cnc(-c3ccccc3)c2)[C@]1(C)O. The summed E-state index contributed by atoms with van der Waals surface area (Å²) in [6.07, 6.45) is -2.96. The molecular formula is C53H85N3O14. The molecule has 0 radical (unpaired) electrons. The van der Waals surface area contributed by atoms with Gasteiger partial charge in [0.2, 0.25) is 0 Å². The van der Waals surface area contributed by atoms with Crippen molar-refractivity contribution in [2.24, 2.45) is 23.7 Å². The van der Waals surface area contributed by atoms with Crippen LogP contribution in [0.2, 0.25) is 0 Å². The largest absolute Gasteiger partial charge is 0.459 e. The lowest BCUT2D eigenvalue weighted by Crippen LogP contribution is -2.62. The van der Waals surface area contributed by atoms with Gasteiger partial charge in [0.25, 0.3) is 0 Å². The monoisotopic (exact) mass is 988 g/mol. The first-order chi connectivity index (χ1) is 32.9. The van der Waals surface area contributed by atoms with Crippen molar-refractivity contribution in [1.82, 2.24) is 14.5 Å². The molecule has 396 valence electrons. The van der Waals surface area contributed by atoms with Crippen LogP contribution in [0.1, 0.15) is 115 Å². The summed E-state index contributed by atoms with van der Waals surface area (Å²) >= 11 is 0. The number of esters is 2. The Morgan fingerprint density at radius 3 is 2.17 bits per heavy atom. The molecule has 3 aliphatic rings. The van der Waals surface area contributed by atoms with E-state index in [1.165, 1.54) is 14.0 Å². The number of imidazole rings is 1. The number of unbranched alkanes of at least 4 members (excludes halogenated alkanes) is 1. The van der Waals surface area contributed by atoms with Gasteiger partial charge >= 0.3 is 11.9 Å². The van der Waals surface area contributed by atoms with Crippen LogP contribution in [-0.2, 0) is 63.6 Å². The zero-order chi connectivity index (χ0) is 51.9. The molecular weight excluding hydrogens is 903 g/mol. The topological polar surface area (TPSA) is 196 Å². The molecule has 1 aromatic heterocycles. The molecule has 4 heterocycles. The highest BCUT2D eigenvalue weighted by molar-refractivity contribution is 5.83. The lowest BCUT2D eigenvalue weighted by Gasteiger charge is -2.50. The van der Waals surface area contributed by atoms with Crippen LogP contribution in [0.3, 0.4) is 0 Å². The number of methoxy groups -OCH3 is 2. The molecule has 18 atom stereocenters. The second-order valence-corrected chi connectivity index (χ2v) is 21.1. The van der Waals surface area contributed by atoms with E-state index in [4.69, 9.17) is 42.6 Å². The van der Waals surface area contributed by atoms with Gasteiger partial charge in [-0.3, -0.25) is 14.4 Å². The Morgan fingerprint density at radius 2 is 1.56 bits per heavy atom. The molecule has 0 saturated carbocycles. The van der Waals surface area contributed by atoms with Gasteiger partial charge in [-0.2, -0.15) is 0 Å². The molecule has 1 aromatic carbocycles. The van der Waals surface area contributed by atoms with Crippen molar-refractivity contribution >= 4 is 17.7 Å². The minimum Gasteiger partial charge on any atom is -0.459 e. The van der Waals surface area contributed by atoms with Gasteiger partial charge in [-0.25, -0.2) is 4.98 Å². The molecule has 0 amide bonds. The Kier molecular flexibility index (Phi) is 20.2. The van der Waals surface area contributed by atoms with Gasteiger partial charge < -0.3 is 62.3 Å². The molecule has 0 aliphatic carbocycles. The van der Waals surface area contributed by atoms with E-state index in [1.807, 2.05) is 102 Å². The van der Waals surface area contributed by atoms with Crippen LogP contribution in [0, 0.1) is 23.7 Å². The van der Waals surface area contributed by atoms with Crippen molar-refractivity contribution in [3.05, 3.63) is 42.9 Å². The van der Waals surface area contributed by atoms with Gasteiger partial charge in [0.15, 0.2) is 18.7 Å². The van der Waals surface area contributed by atoms with Crippen molar-refractivity contribution in [1.29, 1.82) is 0 Å². The second-order valence-electron chi connectivity index (χ2n) is 21.1. The van der Waals surface area contributed by atoms with E-state index >= 15 is 0 Å². The minimum atomic E-state index is -1.82. The van der Waals surface area contributed by atoms with Crippen LogP contribution in [0.5, 0.6) is 0 Å². The van der Waals surface area contributed by atoms with Gasteiger partial charge in [-0.1, -0.05) is 58.0 Å². The molecule has 2 N–H and O–H groups in total. The van der Waals surface area contributed by atoms with Crippen molar-refractivity contribution < 1.29 is 67.2 Å². The van der Waals surface area contributed by atoms with Crippen molar-refractivity contribution in [3.63, 3.8) is 0 Å². The van der Waals surface area contributed by atoms with E-state index in [2.05, 4.69) is 4.98 Å². The first-order valence-electron chi connectivity index (χ1n) is 25.3. The summed E-state index contributed by atoms with van der Waals surface area (Å²) in [7, 11) is 6.86. The smallest absolute Gasteiger partial charge is 0.311 e. The van der Waals surface area contributed by atoms with E-state index in [0.29, 0.717) is 19.4 Å². The fourth-order valence-corrected chi connectivity index (χ4v) is 11.1. The molecule has 5 rings (SSSR count). The van der Waals surface area contributed by atoms with Gasteiger partial charge in [0.1, 0.15) is 29.2 Å². The van der Waals surface area contributed by atoms with Crippen LogP contribution in [-0.4, -0.2) is 162 Å². The summed E-state index contributed by atoms with van der Waals surface area (Å²) < 4.78 is 59.8. The summed E-state index contributed by atoms with van der Waals surface area (Å²) in [5, 5.41) is 24.5. The standard InChI is InChI=1S/C53H85N3O14/c1-16-41-53(11,61)47(64-25-21-20-24-56-29-39(54-30-56)38-22-18-17-19-23-38)33(4)43(58)31(2)27-51(9,62-14)46(70-50-44(59)40(55(12)13)26-32(3)65-50)34(5)45(35(6)49(60)68-41)69-42-28-52(10,63-15)48(36(7)66-42)67-37(8)57/h17-19,22-23,29-36,40-42,44-48,50,59,61H,16,20-21,24-28H2,1-15H3/t31-,32-,33-,34+,35-,36+,40+,41+,42+,44-,45+,46-,47-,48+,50?,51+,52-,53-/m1/s1. The zero-order valence-corrected chi connectivity index (χ0v) is 44.5. The van der Waals surface area contributed by atoms with E-state index in [0.717, 1.165) is 17.7 Å². The molecule has 3 fully saturated rings. The lowest BCUT2D eigenvalue weighted by atomic mass is 9.73. The average molecular weight is 988 g/mol. The number of aryl methyl sites for hydroxylation is 1. The molecule has 0 bridgehead atoms. The second kappa shape index (κ2) is 24.6. The zero-order valence-electron chi connectivity index (χ0n) is 44.5. The average Bonchev–Trinajstić information content (AvgIpc) is 3.80. The number of benzene rings is 1. The number of carbonyl (C=O) groups excluding carboxylic acids is 3. The Morgan fingerprint density at radius 1 is 0.900 bits per heavy atom. The Labute approximate surface area is 416 Å². The quantitative estimate of drug-likeness (QED) is 0.139. The number of aliphatic hydroxyl groups is 2. The summed E-state index contributed by atoms with van der Waals surface area (Å²) in [5.41, 5.74) is -2.23. The predicted molar refractivity (Wildman–Crippen MR) is 261 cm³/mol. The first kappa shape index (κ1) is 57.5. The van der Waals surface area contributed by atoms with Gasteiger partial charge in [0.05, 0.1) is 54.1 Å². The molecule has 3 saturated heterocycles. The number of ether oxygens (including phenoxy) is 9. The summed E-state index contributed by atoms with van der Waals surface area (Å²) in [6.45, 7) is 20.1. The number of rotatable bonds is 16. The number of likely N-dealkylation sites (N-methyl/N-ethyl adjacent to an activating group) is 1. The number of aliphatic hydroxyl groups excluding tert-OH is 1. The van der Waals surface area contributed by atoms with Crippen molar-refractivity contribution in [3.8, 4) is 11.3 Å². The molecule has 3 aliphatic heterocycles. The van der Waals surface area contributed by atoms with Crippen molar-refractivity contribution in [2.45, 2.75) is 205 Å². The maximum Gasteiger partial charge on any atom is 0.311 e. The summed E-state index contributed by atoms with van der Waals surface area (Å²) in [4.78, 5) is 48.5. The highest BCUT2D eigenvalue weighted by Crippen LogP contribution is 2.42. The molecule has 70 heavy (non-hydrogen) atoms. The fourth-order valence-electron chi connectivity index (χ4n) is 11.1. The predicted octanol–water partition coefficient (Wildman–Crippen LogP) is 6.38. The number of carbonyl (C=O) groups is 3. The van der Waals surface area contributed by atoms with Gasteiger partial charge in [-0.15, -0.1) is 0 Å². The fraction of sp³-hybridized carbons (Fsp3) is 0.774. The summed E-state index contributed by atoms with van der Waals surface area (Å²) in [5.74, 6) is -4.65. The Bertz CT molecular complexity index is 1980. The number of Topliss-reactive ketones (excluding diaryl/α,β-unsaturated/α-hetero) is 1. The molecule has 2 aromatic rings.